The summed E-state index contributed by atoms with van der Waals surface area (Å²) >= 11 is 0. The van der Waals surface area contributed by atoms with Crippen molar-refractivity contribution in [3.05, 3.63) is 40.7 Å². The van der Waals surface area contributed by atoms with Crippen molar-refractivity contribution < 1.29 is 0 Å². The summed E-state index contributed by atoms with van der Waals surface area (Å²) in [5.74, 6) is 0. The topological polar surface area (TPSA) is 4.36 Å². The van der Waals surface area contributed by atoms with Crippen molar-refractivity contribution in [2.45, 2.75) is 26.3 Å². The second-order valence-corrected chi connectivity index (χ2v) is 60.9. The molecule has 0 spiro atoms. The van der Waals surface area contributed by atoms with Gasteiger partial charge in [-0.3, -0.25) is 0 Å². The Balaban J connectivity index is 0.000000399. The molecule has 1 nitrogen and oxygen atoms in total. The molecular weight excluding hydrogens is 481 g/mol. The molecule has 0 heterocycles. The van der Waals surface area contributed by atoms with Crippen molar-refractivity contribution in [1.29, 1.82) is 0 Å². The SMILES string of the molecule is CC(C)[N+]#CCc1ccccc1.[Cl][Sb-]([Cl])([Cl])([Cl])([Cl])[Cl]. The van der Waals surface area contributed by atoms with Gasteiger partial charge >= 0.3 is 62.1 Å². The van der Waals surface area contributed by atoms with Crippen molar-refractivity contribution >= 4 is 62.1 Å². The summed E-state index contributed by atoms with van der Waals surface area (Å²) in [6, 6.07) is 13.6. The van der Waals surface area contributed by atoms with Crippen LogP contribution >= 0.6 is 53.0 Å². The third-order valence-electron chi connectivity index (χ3n) is 1.48. The first-order valence-corrected chi connectivity index (χ1v) is 24.7. The Morgan fingerprint density at radius 2 is 1.42 bits per heavy atom. The predicted octanol–water partition coefficient (Wildman–Crippen LogP) is 6.73. The molecule has 1 rings (SSSR count). The van der Waals surface area contributed by atoms with Gasteiger partial charge < -0.3 is 0 Å². The van der Waals surface area contributed by atoms with Crippen LogP contribution in [0.5, 0.6) is 0 Å². The summed E-state index contributed by atoms with van der Waals surface area (Å²) in [6.45, 7) is 4.11. The molecular formula is C11H14Cl6NSb. The summed E-state index contributed by atoms with van der Waals surface area (Å²) in [4.78, 5) is 4.17. The van der Waals surface area contributed by atoms with Crippen LogP contribution in [-0.4, -0.2) is 15.2 Å². The van der Waals surface area contributed by atoms with Gasteiger partial charge in [-0.2, -0.15) is 0 Å². The Hall–Kier alpha value is 1.27. The van der Waals surface area contributed by atoms with Crippen LogP contribution in [0.4, 0.5) is 0 Å². The summed E-state index contributed by atoms with van der Waals surface area (Å²) < 4.78 is 0. The molecule has 0 aromatic heterocycles. The predicted molar refractivity (Wildman–Crippen MR) is 93.4 cm³/mol. The first-order chi connectivity index (χ1) is 8.24. The van der Waals surface area contributed by atoms with Crippen molar-refractivity contribution in [3.8, 4) is 6.07 Å². The van der Waals surface area contributed by atoms with Crippen LogP contribution in [0.3, 0.4) is 0 Å². The molecule has 0 amide bonds. The van der Waals surface area contributed by atoms with E-state index in [-0.39, 0.29) is 0 Å². The zero-order valence-corrected chi connectivity index (χ0v) is 17.4. The maximum atomic E-state index is 5.06. The molecule has 0 aliphatic heterocycles. The van der Waals surface area contributed by atoms with Crippen LogP contribution in [-0.2, 0) is 6.42 Å². The van der Waals surface area contributed by atoms with Gasteiger partial charge in [0.15, 0.2) is 0 Å². The van der Waals surface area contributed by atoms with Crippen LogP contribution in [0.15, 0.2) is 30.3 Å². The standard InChI is InChI=1S/C11H14N.6ClH.Sb/c1-10(2)12-9-8-11-6-4-3-5-7-11;;;;;;;/h3-7,10H,8H2,1-2H3;6*1H;/q+1;;;;;;;+5/p-6. The molecule has 8 heteroatoms. The molecule has 1 aromatic carbocycles. The molecule has 0 saturated carbocycles. The number of rotatable bonds is 1. The molecule has 1 aromatic rings. The summed E-state index contributed by atoms with van der Waals surface area (Å²) in [5.41, 5.74) is 1.27. The molecule has 19 heavy (non-hydrogen) atoms. The van der Waals surface area contributed by atoms with Crippen molar-refractivity contribution in [3.63, 3.8) is 0 Å². The summed E-state index contributed by atoms with van der Waals surface area (Å²) in [6.07, 6.45) is 0.818. The monoisotopic (exact) mass is 491 g/mol. The molecule has 0 saturated heterocycles. The molecule has 0 unspecified atom stereocenters. The van der Waals surface area contributed by atoms with Gasteiger partial charge in [0.05, 0.1) is 0 Å². The van der Waals surface area contributed by atoms with Crippen molar-refractivity contribution in [2.24, 2.45) is 0 Å². The van der Waals surface area contributed by atoms with Crippen LogP contribution in [0.1, 0.15) is 19.4 Å². The van der Waals surface area contributed by atoms with Crippen LogP contribution in [0.2, 0.25) is 0 Å². The summed E-state index contributed by atoms with van der Waals surface area (Å²) in [7, 11) is 25.0. The first kappa shape index (κ1) is 20.3. The quantitative estimate of drug-likeness (QED) is 0.382. The van der Waals surface area contributed by atoms with E-state index in [1.165, 1.54) is 5.56 Å². The third-order valence-corrected chi connectivity index (χ3v) is 1.48. The van der Waals surface area contributed by atoms with E-state index in [4.69, 9.17) is 53.0 Å². The van der Waals surface area contributed by atoms with Gasteiger partial charge in [0.25, 0.3) is 12.1 Å². The Morgan fingerprint density at radius 3 is 1.79 bits per heavy atom. The fraction of sp³-hybridized carbons (Fsp3) is 0.364. The molecule has 0 atom stereocenters. The van der Waals surface area contributed by atoms with E-state index in [0.29, 0.717) is 6.04 Å². The van der Waals surface area contributed by atoms with Crippen LogP contribution in [0, 0.1) is 6.07 Å². The summed E-state index contributed by atoms with van der Waals surface area (Å²) in [5, 5.41) is 0. The fourth-order valence-electron chi connectivity index (χ4n) is 0.915. The first-order valence-electron chi connectivity index (χ1n) is 5.27. The molecule has 0 aliphatic rings. The third kappa shape index (κ3) is 24.6. The number of nitrogens with zero attached hydrogens (tertiary/aromatic N) is 1. The van der Waals surface area contributed by atoms with E-state index in [9.17, 15) is 0 Å². The van der Waals surface area contributed by atoms with E-state index in [1.807, 2.05) is 18.2 Å². The average Bonchev–Trinajstić information content (AvgIpc) is 2.13. The minimum atomic E-state index is -5.42. The molecule has 0 aliphatic carbocycles. The number of halogens is 6. The van der Waals surface area contributed by atoms with Gasteiger partial charge in [-0.05, 0) is 5.56 Å². The number of hydrogen-bond donors (Lipinski definition) is 0. The molecule has 110 valence electrons. The number of benzene rings is 1. The Bertz CT molecular complexity index is 442. The maximum absolute atomic E-state index is 5.42. The molecule has 0 radical (unpaired) electrons. The zero-order chi connectivity index (χ0) is 15.2. The van der Waals surface area contributed by atoms with Gasteiger partial charge in [-0.25, -0.2) is 0 Å². The van der Waals surface area contributed by atoms with E-state index in [2.05, 4.69) is 36.9 Å². The van der Waals surface area contributed by atoms with Gasteiger partial charge in [0.1, 0.15) is 6.42 Å². The fourth-order valence-corrected chi connectivity index (χ4v) is 0.915. The molecule has 0 bridgehead atoms. The Kier molecular flexibility index (Phi) is 7.49. The minimum absolute atomic E-state index is 0.355. The van der Waals surface area contributed by atoms with Gasteiger partial charge in [-0.15, -0.1) is 0 Å². The van der Waals surface area contributed by atoms with Crippen molar-refractivity contribution in [2.75, 3.05) is 0 Å². The number of hydrogen-bond acceptors (Lipinski definition) is 0. The van der Waals surface area contributed by atoms with Crippen LogP contribution in [0.25, 0.3) is 4.85 Å². The second kappa shape index (κ2) is 7.02. The van der Waals surface area contributed by atoms with E-state index in [0.717, 1.165) is 6.42 Å². The second-order valence-electron chi connectivity index (χ2n) is 4.00. The van der Waals surface area contributed by atoms with Gasteiger partial charge in [0, 0.05) is 13.8 Å². The van der Waals surface area contributed by atoms with Gasteiger partial charge in [-0.1, -0.05) is 35.2 Å². The molecule has 0 N–H and O–H groups in total. The Labute approximate surface area is 134 Å². The van der Waals surface area contributed by atoms with Crippen molar-refractivity contribution in [1.82, 2.24) is 0 Å². The van der Waals surface area contributed by atoms with Crippen LogP contribution < -0.4 is 0 Å². The van der Waals surface area contributed by atoms with E-state index >= 15 is 0 Å². The zero-order valence-electron chi connectivity index (χ0n) is 10.3. The van der Waals surface area contributed by atoms with E-state index < -0.39 is 9.14 Å². The molecule has 0 fully saturated rings. The van der Waals surface area contributed by atoms with Gasteiger partial charge in [0.2, 0.25) is 0 Å². The van der Waals surface area contributed by atoms with E-state index in [1.54, 1.807) is 0 Å². The Morgan fingerprint density at radius 1 is 1.00 bits per heavy atom. The normalized spacial score (nSPS) is 14.4. The average molecular weight is 495 g/mol.